The topological polar surface area (TPSA) is 83.6 Å². The third kappa shape index (κ3) is 3.45. The van der Waals surface area contributed by atoms with Crippen LogP contribution in [0.1, 0.15) is 52.4 Å². The fraction of sp³-hybridized carbons (Fsp3) is 0.846. The molecule has 1 atom stereocenters. The van der Waals surface area contributed by atoms with E-state index < -0.39 is 11.5 Å². The molecular formula is C13H24N2O3. The van der Waals surface area contributed by atoms with Gasteiger partial charge in [-0.2, -0.15) is 0 Å². The molecule has 104 valence electrons. The Bertz CT molecular complexity index is 311. The molecule has 0 heterocycles. The monoisotopic (exact) mass is 256 g/mol. The summed E-state index contributed by atoms with van der Waals surface area (Å²) in [5, 5.41) is 8.92. The number of aliphatic carboxylic acids is 1. The number of carbonyl (C=O) groups is 2. The molecule has 0 aromatic carbocycles. The molecule has 0 spiro atoms. The van der Waals surface area contributed by atoms with Gasteiger partial charge in [0, 0.05) is 6.04 Å². The molecule has 1 fully saturated rings. The van der Waals surface area contributed by atoms with Gasteiger partial charge in [-0.1, -0.05) is 26.2 Å². The first-order valence-electron chi connectivity index (χ1n) is 6.72. The minimum Gasteiger partial charge on any atom is -0.480 e. The highest BCUT2D eigenvalue weighted by Crippen LogP contribution is 2.28. The molecule has 1 rings (SSSR count). The lowest BCUT2D eigenvalue weighted by molar-refractivity contribution is -0.149. The first kappa shape index (κ1) is 15.0. The van der Waals surface area contributed by atoms with E-state index in [1.54, 1.807) is 0 Å². The van der Waals surface area contributed by atoms with Gasteiger partial charge >= 0.3 is 5.97 Å². The van der Waals surface area contributed by atoms with Crippen molar-refractivity contribution in [2.75, 3.05) is 6.54 Å². The average molecular weight is 256 g/mol. The number of carboxylic acids is 1. The maximum absolute atomic E-state index is 12.5. The predicted octanol–water partition coefficient (Wildman–Crippen LogP) is 1.36. The molecule has 5 heteroatoms. The average Bonchev–Trinajstić information content (AvgIpc) is 2.35. The van der Waals surface area contributed by atoms with E-state index in [-0.39, 0.29) is 18.5 Å². The molecule has 1 amide bonds. The van der Waals surface area contributed by atoms with Crippen molar-refractivity contribution in [1.29, 1.82) is 0 Å². The van der Waals surface area contributed by atoms with Gasteiger partial charge in [0.15, 0.2) is 0 Å². The molecule has 5 nitrogen and oxygen atoms in total. The van der Waals surface area contributed by atoms with Gasteiger partial charge in [0.2, 0.25) is 5.91 Å². The van der Waals surface area contributed by atoms with Crippen LogP contribution in [-0.4, -0.2) is 40.0 Å². The molecule has 0 aromatic rings. The molecule has 3 N–H and O–H groups in total. The smallest absolute Gasteiger partial charge is 0.323 e. The molecule has 0 aromatic heterocycles. The predicted molar refractivity (Wildman–Crippen MR) is 69.1 cm³/mol. The Balaban J connectivity index is 2.83. The first-order chi connectivity index (χ1) is 8.40. The van der Waals surface area contributed by atoms with Gasteiger partial charge in [0.25, 0.3) is 0 Å². The van der Waals surface area contributed by atoms with Crippen LogP contribution in [0, 0.1) is 0 Å². The number of nitrogens with zero attached hydrogens (tertiary/aromatic N) is 1. The van der Waals surface area contributed by atoms with E-state index in [2.05, 4.69) is 0 Å². The van der Waals surface area contributed by atoms with E-state index in [4.69, 9.17) is 10.8 Å². The maximum atomic E-state index is 12.5. The van der Waals surface area contributed by atoms with Crippen molar-refractivity contribution in [3.05, 3.63) is 0 Å². The summed E-state index contributed by atoms with van der Waals surface area (Å²) in [6.07, 6.45) is 5.06. The summed E-state index contributed by atoms with van der Waals surface area (Å²) in [5.74, 6) is -1.18. The maximum Gasteiger partial charge on any atom is 0.323 e. The molecule has 0 bridgehead atoms. The summed E-state index contributed by atoms with van der Waals surface area (Å²) in [6, 6.07) is -0.0871. The van der Waals surface area contributed by atoms with Gasteiger partial charge in [0.1, 0.15) is 6.54 Å². The van der Waals surface area contributed by atoms with Gasteiger partial charge in [-0.25, -0.2) is 0 Å². The highest BCUT2D eigenvalue weighted by molar-refractivity contribution is 5.89. The molecule has 1 aliphatic carbocycles. The third-order valence-electron chi connectivity index (χ3n) is 3.86. The molecular weight excluding hydrogens is 232 g/mol. The molecule has 0 saturated heterocycles. The van der Waals surface area contributed by atoms with Crippen molar-refractivity contribution in [2.45, 2.75) is 64.0 Å². The SMILES string of the molecule is CCC(C)N(CC(=O)O)C(=O)C1(N)CCCCC1. The van der Waals surface area contributed by atoms with Gasteiger partial charge in [-0.05, 0) is 26.2 Å². The van der Waals surface area contributed by atoms with Crippen LogP contribution in [0.2, 0.25) is 0 Å². The summed E-state index contributed by atoms with van der Waals surface area (Å²) >= 11 is 0. The second kappa shape index (κ2) is 6.18. The Morgan fingerprint density at radius 1 is 1.33 bits per heavy atom. The van der Waals surface area contributed by atoms with Crippen molar-refractivity contribution in [3.63, 3.8) is 0 Å². The minimum absolute atomic E-state index is 0.0871. The summed E-state index contributed by atoms with van der Waals surface area (Å²) in [4.78, 5) is 24.8. The quantitative estimate of drug-likeness (QED) is 0.778. The van der Waals surface area contributed by atoms with Crippen molar-refractivity contribution >= 4 is 11.9 Å². The summed E-state index contributed by atoms with van der Waals surface area (Å²) in [5.41, 5.74) is 5.34. The number of hydrogen-bond donors (Lipinski definition) is 2. The number of nitrogens with two attached hydrogens (primary N) is 1. The van der Waals surface area contributed by atoms with Crippen molar-refractivity contribution in [2.24, 2.45) is 5.73 Å². The van der Waals surface area contributed by atoms with Crippen molar-refractivity contribution in [3.8, 4) is 0 Å². The lowest BCUT2D eigenvalue weighted by atomic mass is 9.81. The minimum atomic E-state index is -0.983. The number of hydrogen-bond acceptors (Lipinski definition) is 3. The van der Waals surface area contributed by atoms with Gasteiger partial charge in [-0.15, -0.1) is 0 Å². The van der Waals surface area contributed by atoms with Gasteiger partial charge in [0.05, 0.1) is 5.54 Å². The fourth-order valence-corrected chi connectivity index (χ4v) is 2.48. The Kier molecular flexibility index (Phi) is 5.14. The second-order valence-electron chi connectivity index (χ2n) is 5.30. The largest absolute Gasteiger partial charge is 0.480 e. The number of carbonyl (C=O) groups excluding carboxylic acids is 1. The Labute approximate surface area is 108 Å². The first-order valence-corrected chi connectivity index (χ1v) is 6.72. The number of carboxylic acid groups (broad SMARTS) is 1. The number of amides is 1. The van der Waals surface area contributed by atoms with Gasteiger partial charge in [-0.3, -0.25) is 9.59 Å². The Morgan fingerprint density at radius 2 is 1.89 bits per heavy atom. The van der Waals surface area contributed by atoms with E-state index in [0.717, 1.165) is 25.7 Å². The molecule has 1 aliphatic rings. The lowest BCUT2D eigenvalue weighted by Gasteiger charge is -2.38. The van der Waals surface area contributed by atoms with E-state index in [1.807, 2.05) is 13.8 Å². The standard InChI is InChI=1S/C13H24N2O3/c1-3-10(2)15(9-11(16)17)12(18)13(14)7-5-4-6-8-13/h10H,3-9,14H2,1-2H3,(H,16,17). The van der Waals surface area contributed by atoms with E-state index >= 15 is 0 Å². The van der Waals surface area contributed by atoms with Crippen LogP contribution >= 0.6 is 0 Å². The lowest BCUT2D eigenvalue weighted by Crippen LogP contribution is -2.59. The summed E-state index contributed by atoms with van der Waals surface area (Å²) < 4.78 is 0. The zero-order valence-corrected chi connectivity index (χ0v) is 11.3. The van der Waals surface area contributed by atoms with Crippen molar-refractivity contribution < 1.29 is 14.7 Å². The zero-order valence-electron chi connectivity index (χ0n) is 11.3. The molecule has 18 heavy (non-hydrogen) atoms. The number of rotatable bonds is 5. The molecule has 1 unspecified atom stereocenters. The zero-order chi connectivity index (χ0) is 13.8. The third-order valence-corrected chi connectivity index (χ3v) is 3.86. The summed E-state index contributed by atoms with van der Waals surface area (Å²) in [6.45, 7) is 3.55. The van der Waals surface area contributed by atoms with Crippen LogP contribution in [0.4, 0.5) is 0 Å². The van der Waals surface area contributed by atoms with Gasteiger partial charge < -0.3 is 15.7 Å². The normalized spacial score (nSPS) is 20.2. The van der Waals surface area contributed by atoms with Crippen LogP contribution in [0.25, 0.3) is 0 Å². The van der Waals surface area contributed by atoms with Crippen LogP contribution in [0.15, 0.2) is 0 Å². The molecule has 0 radical (unpaired) electrons. The molecule has 1 saturated carbocycles. The highest BCUT2D eigenvalue weighted by Gasteiger charge is 2.40. The molecule has 0 aliphatic heterocycles. The van der Waals surface area contributed by atoms with Crippen LogP contribution in [0.5, 0.6) is 0 Å². The Hall–Kier alpha value is -1.10. The van der Waals surface area contributed by atoms with Crippen LogP contribution in [-0.2, 0) is 9.59 Å². The van der Waals surface area contributed by atoms with E-state index in [9.17, 15) is 9.59 Å². The second-order valence-corrected chi connectivity index (χ2v) is 5.30. The Morgan fingerprint density at radius 3 is 2.33 bits per heavy atom. The van der Waals surface area contributed by atoms with Crippen molar-refractivity contribution in [1.82, 2.24) is 4.90 Å². The fourth-order valence-electron chi connectivity index (χ4n) is 2.48. The highest BCUT2D eigenvalue weighted by atomic mass is 16.4. The summed E-state index contributed by atoms with van der Waals surface area (Å²) in [7, 11) is 0. The van der Waals surface area contributed by atoms with E-state index in [1.165, 1.54) is 4.90 Å². The van der Waals surface area contributed by atoms with E-state index in [0.29, 0.717) is 12.8 Å². The van der Waals surface area contributed by atoms with Crippen LogP contribution in [0.3, 0.4) is 0 Å². The van der Waals surface area contributed by atoms with Crippen LogP contribution < -0.4 is 5.73 Å².